The molecule has 6 nitrogen and oxygen atoms in total. The van der Waals surface area contributed by atoms with Crippen molar-refractivity contribution in [2.45, 2.75) is 13.8 Å². The van der Waals surface area contributed by atoms with E-state index in [0.29, 0.717) is 5.56 Å². The van der Waals surface area contributed by atoms with Crippen LogP contribution in [0.2, 0.25) is 0 Å². The van der Waals surface area contributed by atoms with Gasteiger partial charge < -0.3 is 9.88 Å². The minimum atomic E-state index is -0.378. The standard InChI is InChI=1S/C17H20N4O2/c1-3-21(4-2)15-8-5-13(6-9-15)11-19-20-17(23)14-7-10-16(22)18-12-14/h5-12H,3-4H2,1-2H3,(H,18,22)(H,20,23)/b19-11+. The summed E-state index contributed by atoms with van der Waals surface area (Å²) in [4.78, 5) is 27.4. The molecule has 2 aromatic rings. The van der Waals surface area contributed by atoms with E-state index in [2.05, 4.69) is 34.3 Å². The van der Waals surface area contributed by atoms with Crippen LogP contribution in [0.25, 0.3) is 0 Å². The molecule has 0 aliphatic heterocycles. The Hall–Kier alpha value is -2.89. The van der Waals surface area contributed by atoms with Crippen LogP contribution >= 0.6 is 0 Å². The number of pyridine rings is 1. The first-order valence-corrected chi connectivity index (χ1v) is 7.51. The van der Waals surface area contributed by atoms with Crippen molar-refractivity contribution < 1.29 is 4.79 Å². The Morgan fingerprint density at radius 2 is 1.87 bits per heavy atom. The molecule has 1 aromatic heterocycles. The number of rotatable bonds is 6. The first-order chi connectivity index (χ1) is 11.1. The number of benzene rings is 1. The van der Waals surface area contributed by atoms with Crippen LogP contribution in [-0.4, -0.2) is 30.2 Å². The molecule has 0 saturated heterocycles. The largest absolute Gasteiger partial charge is 0.372 e. The number of amides is 1. The van der Waals surface area contributed by atoms with Crippen molar-refractivity contribution in [3.8, 4) is 0 Å². The summed E-state index contributed by atoms with van der Waals surface area (Å²) in [5.74, 6) is -0.378. The molecule has 6 heteroatoms. The Bertz CT molecular complexity index is 711. The van der Waals surface area contributed by atoms with Gasteiger partial charge in [-0.05, 0) is 37.6 Å². The summed E-state index contributed by atoms with van der Waals surface area (Å²) in [5, 5.41) is 3.93. The minimum absolute atomic E-state index is 0.252. The molecule has 0 fully saturated rings. The highest BCUT2D eigenvalue weighted by atomic mass is 16.2. The number of carbonyl (C=O) groups excluding carboxylic acids is 1. The number of hydrazone groups is 1. The Labute approximate surface area is 134 Å². The fourth-order valence-electron chi connectivity index (χ4n) is 2.14. The third kappa shape index (κ3) is 4.54. The number of anilines is 1. The summed E-state index contributed by atoms with van der Waals surface area (Å²) in [6.07, 6.45) is 2.93. The molecule has 0 atom stereocenters. The maximum atomic E-state index is 11.8. The second-order valence-electron chi connectivity index (χ2n) is 4.90. The van der Waals surface area contributed by atoms with E-state index in [4.69, 9.17) is 0 Å². The monoisotopic (exact) mass is 312 g/mol. The Morgan fingerprint density at radius 1 is 1.17 bits per heavy atom. The highest BCUT2D eigenvalue weighted by Gasteiger charge is 2.03. The molecule has 1 aromatic carbocycles. The Morgan fingerprint density at radius 3 is 2.43 bits per heavy atom. The summed E-state index contributed by atoms with van der Waals surface area (Å²) in [5.41, 5.74) is 4.57. The predicted molar refractivity (Wildman–Crippen MR) is 92.1 cm³/mol. The van der Waals surface area contributed by atoms with Gasteiger partial charge in [-0.2, -0.15) is 5.10 Å². The van der Waals surface area contributed by atoms with Crippen LogP contribution in [0.15, 0.2) is 52.5 Å². The van der Waals surface area contributed by atoms with Gasteiger partial charge in [0.25, 0.3) is 5.91 Å². The smallest absolute Gasteiger partial charge is 0.272 e. The number of carbonyl (C=O) groups is 1. The molecule has 2 rings (SSSR count). The quantitative estimate of drug-likeness (QED) is 0.632. The first-order valence-electron chi connectivity index (χ1n) is 7.51. The molecule has 0 aliphatic carbocycles. The molecule has 0 spiro atoms. The fourth-order valence-corrected chi connectivity index (χ4v) is 2.14. The lowest BCUT2D eigenvalue weighted by molar-refractivity contribution is 0.0954. The topological polar surface area (TPSA) is 77.6 Å². The van der Waals surface area contributed by atoms with Gasteiger partial charge in [0.15, 0.2) is 0 Å². The van der Waals surface area contributed by atoms with Crippen molar-refractivity contribution in [2.75, 3.05) is 18.0 Å². The van der Waals surface area contributed by atoms with Gasteiger partial charge in [-0.25, -0.2) is 5.43 Å². The maximum absolute atomic E-state index is 11.8. The second-order valence-corrected chi connectivity index (χ2v) is 4.90. The number of hydrogen-bond acceptors (Lipinski definition) is 4. The molecule has 0 bridgehead atoms. The maximum Gasteiger partial charge on any atom is 0.272 e. The minimum Gasteiger partial charge on any atom is -0.372 e. The van der Waals surface area contributed by atoms with Crippen molar-refractivity contribution in [1.82, 2.24) is 10.4 Å². The summed E-state index contributed by atoms with van der Waals surface area (Å²) >= 11 is 0. The average Bonchev–Trinajstić information content (AvgIpc) is 2.58. The second kappa shape index (κ2) is 7.93. The third-order valence-electron chi connectivity index (χ3n) is 3.45. The van der Waals surface area contributed by atoms with Crippen LogP contribution in [-0.2, 0) is 0 Å². The van der Waals surface area contributed by atoms with E-state index >= 15 is 0 Å². The lowest BCUT2D eigenvalue weighted by Crippen LogP contribution is -2.21. The number of aromatic nitrogens is 1. The molecular weight excluding hydrogens is 292 g/mol. The van der Waals surface area contributed by atoms with Crippen LogP contribution in [0.3, 0.4) is 0 Å². The lowest BCUT2D eigenvalue weighted by Gasteiger charge is -2.20. The molecule has 1 amide bonds. The van der Waals surface area contributed by atoms with Crippen molar-refractivity contribution in [3.05, 3.63) is 64.1 Å². The highest BCUT2D eigenvalue weighted by molar-refractivity contribution is 5.94. The summed E-state index contributed by atoms with van der Waals surface area (Å²) < 4.78 is 0. The molecule has 23 heavy (non-hydrogen) atoms. The van der Waals surface area contributed by atoms with E-state index in [1.165, 1.54) is 18.3 Å². The fraction of sp³-hybridized carbons (Fsp3) is 0.235. The zero-order valence-electron chi connectivity index (χ0n) is 13.2. The number of aromatic amines is 1. The van der Waals surface area contributed by atoms with E-state index in [0.717, 1.165) is 24.3 Å². The van der Waals surface area contributed by atoms with Crippen LogP contribution in [0, 0.1) is 0 Å². The van der Waals surface area contributed by atoms with E-state index < -0.39 is 0 Å². The number of nitrogens with zero attached hydrogens (tertiary/aromatic N) is 2. The van der Waals surface area contributed by atoms with Crippen LogP contribution in [0.1, 0.15) is 29.8 Å². The van der Waals surface area contributed by atoms with Gasteiger partial charge in [-0.15, -0.1) is 0 Å². The zero-order chi connectivity index (χ0) is 16.7. The molecular formula is C17H20N4O2. The molecule has 0 unspecified atom stereocenters. The van der Waals surface area contributed by atoms with Gasteiger partial charge >= 0.3 is 0 Å². The number of nitrogens with one attached hydrogen (secondary N) is 2. The van der Waals surface area contributed by atoms with Gasteiger partial charge in [-0.1, -0.05) is 12.1 Å². The van der Waals surface area contributed by atoms with E-state index in [1.54, 1.807) is 6.21 Å². The first kappa shape index (κ1) is 16.5. The lowest BCUT2D eigenvalue weighted by atomic mass is 10.2. The molecule has 120 valence electrons. The summed E-state index contributed by atoms with van der Waals surface area (Å²) in [6.45, 7) is 6.15. The van der Waals surface area contributed by atoms with Crippen molar-refractivity contribution >= 4 is 17.8 Å². The van der Waals surface area contributed by atoms with Crippen molar-refractivity contribution in [1.29, 1.82) is 0 Å². The van der Waals surface area contributed by atoms with E-state index in [1.807, 2.05) is 24.3 Å². The van der Waals surface area contributed by atoms with Crippen molar-refractivity contribution in [2.24, 2.45) is 5.10 Å². The predicted octanol–water partition coefficient (Wildman–Crippen LogP) is 1.99. The van der Waals surface area contributed by atoms with Gasteiger partial charge in [0.05, 0.1) is 11.8 Å². The Balaban J connectivity index is 1.96. The normalized spacial score (nSPS) is 10.7. The average molecular weight is 312 g/mol. The van der Waals surface area contributed by atoms with Gasteiger partial charge in [0.1, 0.15) is 0 Å². The molecule has 0 aliphatic rings. The van der Waals surface area contributed by atoms with Gasteiger partial charge in [-0.3, -0.25) is 9.59 Å². The Kier molecular flexibility index (Phi) is 5.68. The van der Waals surface area contributed by atoms with Crippen LogP contribution in [0.5, 0.6) is 0 Å². The molecule has 1 heterocycles. The summed E-state index contributed by atoms with van der Waals surface area (Å²) in [6, 6.07) is 10.7. The summed E-state index contributed by atoms with van der Waals surface area (Å²) in [7, 11) is 0. The molecule has 0 radical (unpaired) electrons. The van der Waals surface area contributed by atoms with Crippen LogP contribution < -0.4 is 15.9 Å². The SMILES string of the molecule is CCN(CC)c1ccc(/C=N/NC(=O)c2ccc(=O)[nH]c2)cc1. The zero-order valence-corrected chi connectivity index (χ0v) is 13.2. The molecule has 2 N–H and O–H groups in total. The van der Waals surface area contributed by atoms with Crippen LogP contribution in [0.4, 0.5) is 5.69 Å². The van der Waals surface area contributed by atoms with E-state index in [-0.39, 0.29) is 11.5 Å². The third-order valence-corrected chi connectivity index (χ3v) is 3.45. The molecule has 0 saturated carbocycles. The number of H-pyrrole nitrogens is 1. The van der Waals surface area contributed by atoms with Crippen molar-refractivity contribution in [3.63, 3.8) is 0 Å². The van der Waals surface area contributed by atoms with Gasteiger partial charge in [0, 0.05) is 31.0 Å². The number of hydrogen-bond donors (Lipinski definition) is 2. The highest BCUT2D eigenvalue weighted by Crippen LogP contribution is 2.13. The van der Waals surface area contributed by atoms with Gasteiger partial charge in [0.2, 0.25) is 5.56 Å². The van der Waals surface area contributed by atoms with E-state index in [9.17, 15) is 9.59 Å².